The molecule has 74 valence electrons. The topological polar surface area (TPSA) is 41.6 Å². The van der Waals surface area contributed by atoms with Crippen LogP contribution in [-0.2, 0) is 0 Å². The van der Waals surface area contributed by atoms with E-state index < -0.39 is 0 Å². The van der Waals surface area contributed by atoms with Gasteiger partial charge in [-0.2, -0.15) is 15.4 Å². The summed E-state index contributed by atoms with van der Waals surface area (Å²) < 4.78 is 0. The number of hydrogen-bond donors (Lipinski definition) is 1. The zero-order chi connectivity index (χ0) is 10.1. The molecule has 0 amide bonds. The maximum Gasteiger partial charge on any atom is 0.0902 e. The summed E-state index contributed by atoms with van der Waals surface area (Å²) in [7, 11) is 0. The SMILES string of the molecule is C1=Cc2ccccc2C(c2cn[nH]n2)C1. The summed E-state index contributed by atoms with van der Waals surface area (Å²) in [6.07, 6.45) is 7.18. The van der Waals surface area contributed by atoms with E-state index in [4.69, 9.17) is 0 Å². The molecule has 1 aliphatic rings. The van der Waals surface area contributed by atoms with Gasteiger partial charge in [-0.3, -0.25) is 0 Å². The largest absolute Gasteiger partial charge is 0.198 e. The van der Waals surface area contributed by atoms with Gasteiger partial charge in [-0.05, 0) is 17.5 Å². The number of benzene rings is 1. The van der Waals surface area contributed by atoms with Gasteiger partial charge in [-0.1, -0.05) is 36.4 Å². The van der Waals surface area contributed by atoms with Crippen LogP contribution < -0.4 is 0 Å². The number of aromatic nitrogens is 3. The lowest BCUT2D eigenvalue weighted by Crippen LogP contribution is -2.05. The highest BCUT2D eigenvalue weighted by Gasteiger charge is 2.20. The third-order valence-corrected chi connectivity index (χ3v) is 2.83. The van der Waals surface area contributed by atoms with Crippen molar-refractivity contribution in [2.24, 2.45) is 0 Å². The molecule has 0 saturated carbocycles. The molecule has 1 aliphatic carbocycles. The van der Waals surface area contributed by atoms with E-state index in [1.54, 1.807) is 6.20 Å². The zero-order valence-corrected chi connectivity index (χ0v) is 8.22. The Hall–Kier alpha value is -1.90. The lowest BCUT2D eigenvalue weighted by atomic mass is 9.85. The van der Waals surface area contributed by atoms with Crippen LogP contribution in [0.4, 0.5) is 0 Å². The minimum atomic E-state index is 0.352. The molecule has 0 saturated heterocycles. The Morgan fingerprint density at radius 2 is 2.20 bits per heavy atom. The Bertz CT molecular complexity index is 485. The Morgan fingerprint density at radius 1 is 1.27 bits per heavy atom. The summed E-state index contributed by atoms with van der Waals surface area (Å²) in [5, 5.41) is 10.7. The van der Waals surface area contributed by atoms with Crippen molar-refractivity contribution in [3.8, 4) is 0 Å². The van der Waals surface area contributed by atoms with Gasteiger partial charge in [0.2, 0.25) is 0 Å². The molecular formula is C12H11N3. The number of allylic oxidation sites excluding steroid dienone is 1. The molecule has 1 unspecified atom stereocenters. The first-order valence-electron chi connectivity index (χ1n) is 5.06. The van der Waals surface area contributed by atoms with E-state index in [0.717, 1.165) is 12.1 Å². The number of H-pyrrole nitrogens is 1. The van der Waals surface area contributed by atoms with Gasteiger partial charge in [-0.25, -0.2) is 0 Å². The molecule has 0 radical (unpaired) electrons. The van der Waals surface area contributed by atoms with Crippen molar-refractivity contribution in [3.63, 3.8) is 0 Å². The number of nitrogens with one attached hydrogen (secondary N) is 1. The van der Waals surface area contributed by atoms with Crippen molar-refractivity contribution >= 4 is 6.08 Å². The number of aromatic amines is 1. The third-order valence-electron chi connectivity index (χ3n) is 2.83. The van der Waals surface area contributed by atoms with Crippen molar-refractivity contribution in [2.45, 2.75) is 12.3 Å². The van der Waals surface area contributed by atoms with Crippen LogP contribution in [0.3, 0.4) is 0 Å². The van der Waals surface area contributed by atoms with E-state index in [9.17, 15) is 0 Å². The minimum Gasteiger partial charge on any atom is -0.198 e. The fourth-order valence-corrected chi connectivity index (χ4v) is 2.10. The molecule has 0 spiro atoms. The predicted molar refractivity (Wildman–Crippen MR) is 58.3 cm³/mol. The quantitative estimate of drug-likeness (QED) is 0.762. The number of rotatable bonds is 1. The van der Waals surface area contributed by atoms with Gasteiger partial charge in [0.25, 0.3) is 0 Å². The summed E-state index contributed by atoms with van der Waals surface area (Å²) in [4.78, 5) is 0. The molecule has 0 bridgehead atoms. The molecule has 0 fully saturated rings. The van der Waals surface area contributed by atoms with Gasteiger partial charge in [0.1, 0.15) is 0 Å². The lowest BCUT2D eigenvalue weighted by molar-refractivity contribution is 0.774. The van der Waals surface area contributed by atoms with E-state index >= 15 is 0 Å². The van der Waals surface area contributed by atoms with Crippen molar-refractivity contribution in [1.29, 1.82) is 0 Å². The summed E-state index contributed by atoms with van der Waals surface area (Å²) in [6.45, 7) is 0. The van der Waals surface area contributed by atoms with Gasteiger partial charge in [-0.15, -0.1) is 0 Å². The zero-order valence-electron chi connectivity index (χ0n) is 8.22. The number of hydrogen-bond acceptors (Lipinski definition) is 2. The summed E-state index contributed by atoms with van der Waals surface area (Å²) >= 11 is 0. The van der Waals surface area contributed by atoms with Crippen LogP contribution in [0.1, 0.15) is 29.2 Å². The molecule has 15 heavy (non-hydrogen) atoms. The Labute approximate surface area is 87.8 Å². The highest BCUT2D eigenvalue weighted by molar-refractivity contribution is 5.58. The van der Waals surface area contributed by atoms with E-state index in [0.29, 0.717) is 5.92 Å². The van der Waals surface area contributed by atoms with Gasteiger partial charge < -0.3 is 0 Å². The van der Waals surface area contributed by atoms with E-state index in [1.807, 2.05) is 0 Å². The average Bonchev–Trinajstić information content (AvgIpc) is 2.82. The van der Waals surface area contributed by atoms with Crippen molar-refractivity contribution < 1.29 is 0 Å². The molecule has 1 heterocycles. The first-order chi connectivity index (χ1) is 7.45. The summed E-state index contributed by atoms with van der Waals surface area (Å²) in [5.41, 5.74) is 3.65. The molecule has 3 nitrogen and oxygen atoms in total. The second kappa shape index (κ2) is 3.35. The number of fused-ring (bicyclic) bond motifs is 1. The molecule has 2 aromatic rings. The van der Waals surface area contributed by atoms with Gasteiger partial charge in [0.15, 0.2) is 0 Å². The van der Waals surface area contributed by atoms with Gasteiger partial charge in [0.05, 0.1) is 11.9 Å². The Kier molecular flexibility index (Phi) is 1.88. The molecule has 1 aromatic heterocycles. The molecule has 1 atom stereocenters. The van der Waals surface area contributed by atoms with Gasteiger partial charge >= 0.3 is 0 Å². The molecule has 1 N–H and O–H groups in total. The summed E-state index contributed by atoms with van der Waals surface area (Å²) in [5.74, 6) is 0.352. The second-order valence-electron chi connectivity index (χ2n) is 3.71. The van der Waals surface area contributed by atoms with E-state index in [1.165, 1.54) is 11.1 Å². The highest BCUT2D eigenvalue weighted by Crippen LogP contribution is 2.33. The third kappa shape index (κ3) is 1.36. The highest BCUT2D eigenvalue weighted by atomic mass is 15.3. The molecule has 3 heteroatoms. The van der Waals surface area contributed by atoms with E-state index in [2.05, 4.69) is 51.8 Å². The van der Waals surface area contributed by atoms with Crippen LogP contribution in [-0.4, -0.2) is 15.4 Å². The Balaban J connectivity index is 2.10. The van der Waals surface area contributed by atoms with Crippen LogP contribution in [0, 0.1) is 0 Å². The van der Waals surface area contributed by atoms with Crippen molar-refractivity contribution in [3.05, 3.63) is 53.4 Å². The maximum atomic E-state index is 4.17. The Morgan fingerprint density at radius 3 is 3.07 bits per heavy atom. The fraction of sp³-hybridized carbons (Fsp3) is 0.167. The maximum absolute atomic E-state index is 4.17. The van der Waals surface area contributed by atoms with Crippen LogP contribution in [0.2, 0.25) is 0 Å². The molecular weight excluding hydrogens is 186 g/mol. The second-order valence-corrected chi connectivity index (χ2v) is 3.71. The van der Waals surface area contributed by atoms with Crippen molar-refractivity contribution in [1.82, 2.24) is 15.4 Å². The van der Waals surface area contributed by atoms with Crippen LogP contribution in [0.15, 0.2) is 36.5 Å². The molecule has 0 aliphatic heterocycles. The van der Waals surface area contributed by atoms with Crippen LogP contribution in [0.25, 0.3) is 6.08 Å². The van der Waals surface area contributed by atoms with Crippen molar-refractivity contribution in [2.75, 3.05) is 0 Å². The fourth-order valence-electron chi connectivity index (χ4n) is 2.10. The standard InChI is InChI=1S/C12H11N3/c1-2-6-10-9(4-1)5-3-7-11(10)12-8-13-15-14-12/h1-6,8,11H,7H2,(H,13,14,15). The predicted octanol–water partition coefficient (Wildman–Crippen LogP) is 2.35. The van der Waals surface area contributed by atoms with E-state index in [-0.39, 0.29) is 0 Å². The number of nitrogens with zero attached hydrogens (tertiary/aromatic N) is 2. The average molecular weight is 197 g/mol. The van der Waals surface area contributed by atoms with Crippen LogP contribution in [0.5, 0.6) is 0 Å². The first kappa shape index (κ1) is 8.41. The minimum absolute atomic E-state index is 0.352. The molecule has 1 aromatic carbocycles. The van der Waals surface area contributed by atoms with Gasteiger partial charge in [0, 0.05) is 5.92 Å². The van der Waals surface area contributed by atoms with Crippen LogP contribution >= 0.6 is 0 Å². The smallest absolute Gasteiger partial charge is 0.0902 e. The monoisotopic (exact) mass is 197 g/mol. The first-order valence-corrected chi connectivity index (χ1v) is 5.06. The molecule has 3 rings (SSSR count). The lowest BCUT2D eigenvalue weighted by Gasteiger charge is -2.19. The normalized spacial score (nSPS) is 18.8. The summed E-state index contributed by atoms with van der Waals surface area (Å²) in [6, 6.07) is 8.44.